The van der Waals surface area contributed by atoms with Crippen LogP contribution in [0.4, 0.5) is 0 Å². The third kappa shape index (κ3) is 6.70. The van der Waals surface area contributed by atoms with Gasteiger partial charge in [-0.2, -0.15) is 4.98 Å². The van der Waals surface area contributed by atoms with Gasteiger partial charge in [0.2, 0.25) is 0 Å². The summed E-state index contributed by atoms with van der Waals surface area (Å²) in [4.78, 5) is 16.3. The van der Waals surface area contributed by atoms with E-state index >= 15 is 0 Å². The van der Waals surface area contributed by atoms with Gasteiger partial charge in [-0.25, -0.2) is 0 Å². The summed E-state index contributed by atoms with van der Waals surface area (Å²) < 4.78 is 5.29. The Morgan fingerprint density at radius 1 is 1.21 bits per heavy atom. The number of guanidine groups is 1. The number of aliphatic imine (C=N–C) groups is 1. The van der Waals surface area contributed by atoms with E-state index in [0.29, 0.717) is 30.4 Å². The summed E-state index contributed by atoms with van der Waals surface area (Å²) in [5.41, 5.74) is 1.92. The molecular weight excluding hydrogens is 499 g/mol. The van der Waals surface area contributed by atoms with E-state index in [1.54, 1.807) is 25.0 Å². The van der Waals surface area contributed by atoms with Gasteiger partial charge in [0.15, 0.2) is 11.8 Å². The van der Waals surface area contributed by atoms with E-state index in [9.17, 15) is 0 Å². The molecule has 1 aromatic carbocycles. The van der Waals surface area contributed by atoms with Crippen molar-refractivity contribution in [3.8, 4) is 11.6 Å². The van der Waals surface area contributed by atoms with E-state index in [1.807, 2.05) is 25.2 Å². The zero-order chi connectivity index (χ0) is 19.8. The molecule has 0 aliphatic carbocycles. The summed E-state index contributed by atoms with van der Waals surface area (Å²) in [6.07, 6.45) is 4.41. The minimum atomic E-state index is 0. The second-order valence-corrected chi connectivity index (χ2v) is 7.04. The summed E-state index contributed by atoms with van der Waals surface area (Å²) in [6, 6.07) is 14.2. The summed E-state index contributed by atoms with van der Waals surface area (Å²) in [5, 5.41) is 7.37. The van der Waals surface area contributed by atoms with Crippen LogP contribution in [0.3, 0.4) is 0 Å². The van der Waals surface area contributed by atoms with E-state index in [4.69, 9.17) is 4.52 Å². The van der Waals surface area contributed by atoms with Crippen molar-refractivity contribution in [2.45, 2.75) is 17.9 Å². The molecule has 0 bridgehead atoms. The first-order valence-electron chi connectivity index (χ1n) is 8.98. The highest BCUT2D eigenvalue weighted by Gasteiger charge is 2.11. The fourth-order valence-corrected chi connectivity index (χ4v) is 3.11. The van der Waals surface area contributed by atoms with Gasteiger partial charge in [0.1, 0.15) is 5.69 Å². The van der Waals surface area contributed by atoms with Gasteiger partial charge >= 0.3 is 0 Å². The lowest BCUT2D eigenvalue weighted by molar-refractivity contribution is 0.420. The van der Waals surface area contributed by atoms with Crippen LogP contribution in [0.5, 0.6) is 0 Å². The van der Waals surface area contributed by atoms with Gasteiger partial charge in [-0.15, -0.1) is 35.7 Å². The van der Waals surface area contributed by atoms with E-state index in [0.717, 1.165) is 12.5 Å². The monoisotopic (exact) mass is 524 g/mol. The summed E-state index contributed by atoms with van der Waals surface area (Å²) in [7, 11) is 3.80. The van der Waals surface area contributed by atoms with Crippen molar-refractivity contribution in [3.63, 3.8) is 0 Å². The zero-order valence-electron chi connectivity index (χ0n) is 16.7. The van der Waals surface area contributed by atoms with Crippen molar-refractivity contribution in [1.29, 1.82) is 0 Å². The van der Waals surface area contributed by atoms with Crippen molar-refractivity contribution < 1.29 is 4.52 Å². The molecule has 2 heterocycles. The second kappa shape index (κ2) is 11.8. The summed E-state index contributed by atoms with van der Waals surface area (Å²) >= 11 is 1.74. The largest absolute Gasteiger partial charge is 0.356 e. The van der Waals surface area contributed by atoms with Crippen LogP contribution >= 0.6 is 35.7 Å². The second-order valence-electron chi connectivity index (χ2n) is 6.16. The quantitative estimate of drug-likeness (QED) is 0.219. The fourth-order valence-electron chi connectivity index (χ4n) is 2.70. The number of halogens is 1. The van der Waals surface area contributed by atoms with Crippen LogP contribution in [0.2, 0.25) is 0 Å². The van der Waals surface area contributed by atoms with Gasteiger partial charge in [-0.1, -0.05) is 23.4 Å². The lowest BCUT2D eigenvalue weighted by Gasteiger charge is -2.22. The average molecular weight is 524 g/mol. The van der Waals surface area contributed by atoms with E-state index < -0.39 is 0 Å². The van der Waals surface area contributed by atoms with Gasteiger partial charge in [-0.3, -0.25) is 9.98 Å². The Morgan fingerprint density at radius 3 is 2.66 bits per heavy atom. The van der Waals surface area contributed by atoms with Crippen LogP contribution in [0, 0.1) is 0 Å². The molecule has 0 saturated carbocycles. The van der Waals surface area contributed by atoms with Gasteiger partial charge in [0.05, 0.1) is 0 Å². The zero-order valence-corrected chi connectivity index (χ0v) is 19.8. The maximum Gasteiger partial charge on any atom is 0.276 e. The number of thioether (sulfide) groups is 1. The Morgan fingerprint density at radius 2 is 2.00 bits per heavy atom. The predicted octanol–water partition coefficient (Wildman–Crippen LogP) is 3.72. The van der Waals surface area contributed by atoms with Crippen molar-refractivity contribution in [2.24, 2.45) is 4.99 Å². The first kappa shape index (κ1) is 23.1. The molecule has 7 nitrogen and oxygen atoms in total. The molecule has 154 valence electrons. The molecule has 0 aliphatic rings. The standard InChI is InChI=1S/C20H24N6OS.HI/c1-21-20(26(2)14-15-7-9-16(28-3)10-8-15)23-13-11-18-24-19(27-25-18)17-6-4-5-12-22-17;/h4-10,12H,11,13-14H2,1-3H3,(H,21,23);1H. The van der Waals surface area contributed by atoms with E-state index in [2.05, 4.69) is 60.9 Å². The molecule has 3 aromatic rings. The number of hydrogen-bond acceptors (Lipinski definition) is 6. The first-order valence-corrected chi connectivity index (χ1v) is 10.2. The molecule has 0 saturated heterocycles. The number of aromatic nitrogens is 3. The SMILES string of the molecule is CN=C(NCCc1noc(-c2ccccn2)n1)N(C)Cc1ccc(SC)cc1.I. The van der Waals surface area contributed by atoms with Crippen molar-refractivity contribution in [3.05, 3.63) is 60.0 Å². The normalized spacial score (nSPS) is 11.1. The molecule has 0 unspecified atom stereocenters. The van der Waals surface area contributed by atoms with Crippen LogP contribution in [0.1, 0.15) is 11.4 Å². The highest BCUT2D eigenvalue weighted by molar-refractivity contribution is 14.0. The lowest BCUT2D eigenvalue weighted by Crippen LogP contribution is -2.39. The van der Waals surface area contributed by atoms with Crippen LogP contribution < -0.4 is 5.32 Å². The number of hydrogen-bond donors (Lipinski definition) is 1. The summed E-state index contributed by atoms with van der Waals surface area (Å²) in [6.45, 7) is 1.43. The molecule has 2 aromatic heterocycles. The van der Waals surface area contributed by atoms with Crippen LogP contribution in [0.15, 0.2) is 63.1 Å². The maximum atomic E-state index is 5.29. The molecule has 1 N–H and O–H groups in total. The molecule has 0 radical (unpaired) electrons. The molecule has 0 spiro atoms. The van der Waals surface area contributed by atoms with Crippen LogP contribution in [-0.4, -0.2) is 52.9 Å². The van der Waals surface area contributed by atoms with Gasteiger partial charge in [0, 0.05) is 44.7 Å². The molecule has 0 aliphatic heterocycles. The smallest absolute Gasteiger partial charge is 0.276 e. The van der Waals surface area contributed by atoms with Crippen molar-refractivity contribution >= 4 is 41.7 Å². The Bertz CT molecular complexity index is 901. The topological polar surface area (TPSA) is 79.4 Å². The van der Waals surface area contributed by atoms with Gasteiger partial charge in [-0.05, 0) is 36.1 Å². The van der Waals surface area contributed by atoms with Crippen LogP contribution in [0.25, 0.3) is 11.6 Å². The van der Waals surface area contributed by atoms with Crippen molar-refractivity contribution in [1.82, 2.24) is 25.3 Å². The summed E-state index contributed by atoms with van der Waals surface area (Å²) in [5.74, 6) is 1.90. The van der Waals surface area contributed by atoms with Crippen LogP contribution in [-0.2, 0) is 13.0 Å². The van der Waals surface area contributed by atoms with E-state index in [-0.39, 0.29) is 24.0 Å². The third-order valence-electron chi connectivity index (χ3n) is 4.14. The molecule has 0 fully saturated rings. The number of pyridine rings is 1. The molecule has 29 heavy (non-hydrogen) atoms. The maximum absolute atomic E-state index is 5.29. The average Bonchev–Trinajstić information content (AvgIpc) is 3.21. The number of nitrogens with one attached hydrogen (secondary N) is 1. The fraction of sp³-hybridized carbons (Fsp3) is 0.300. The van der Waals surface area contributed by atoms with E-state index in [1.165, 1.54) is 10.5 Å². The number of rotatable bonds is 7. The molecule has 0 atom stereocenters. The highest BCUT2D eigenvalue weighted by Crippen LogP contribution is 2.16. The third-order valence-corrected chi connectivity index (χ3v) is 4.88. The highest BCUT2D eigenvalue weighted by atomic mass is 127. The minimum absolute atomic E-state index is 0. The molecule has 9 heteroatoms. The predicted molar refractivity (Wildman–Crippen MR) is 128 cm³/mol. The van der Waals surface area contributed by atoms with Gasteiger partial charge in [0.25, 0.3) is 5.89 Å². The Labute approximate surface area is 192 Å². The number of nitrogens with zero attached hydrogens (tertiary/aromatic N) is 5. The Kier molecular flexibility index (Phi) is 9.39. The number of benzene rings is 1. The van der Waals surface area contributed by atoms with Gasteiger partial charge < -0.3 is 14.7 Å². The Balaban J connectivity index is 0.00000300. The molecular formula is C20H25IN6OS. The molecule has 3 rings (SSSR count). The Hall–Kier alpha value is -2.14. The lowest BCUT2D eigenvalue weighted by atomic mass is 10.2. The first-order chi connectivity index (χ1) is 13.7. The minimum Gasteiger partial charge on any atom is -0.356 e. The molecule has 0 amide bonds. The van der Waals surface area contributed by atoms with Crippen molar-refractivity contribution in [2.75, 3.05) is 26.9 Å².